The molecule has 2 aromatic heterocycles. The number of nitrogen functional groups attached to an aromatic ring is 1. The van der Waals surface area contributed by atoms with E-state index in [0.29, 0.717) is 17.1 Å². The average molecular weight is 393 g/mol. The number of nitrogens with zero attached hydrogens (tertiary/aromatic N) is 4. The molecule has 2 N–H and O–H groups in total. The van der Waals surface area contributed by atoms with Gasteiger partial charge >= 0.3 is 0 Å². The van der Waals surface area contributed by atoms with Gasteiger partial charge in [0.05, 0.1) is 31.2 Å². The van der Waals surface area contributed by atoms with E-state index in [1.165, 1.54) is 20.5 Å². The van der Waals surface area contributed by atoms with E-state index in [4.69, 9.17) is 15.3 Å². The molecule has 0 spiro atoms. The Balaban J connectivity index is 2.16. The van der Waals surface area contributed by atoms with Crippen LogP contribution < -0.4 is 10.5 Å². The van der Waals surface area contributed by atoms with Crippen molar-refractivity contribution in [2.24, 2.45) is 0 Å². The zero-order chi connectivity index (χ0) is 21.0. The zero-order valence-corrected chi connectivity index (χ0v) is 16.8. The quantitative estimate of drug-likeness (QED) is 0.642. The summed E-state index contributed by atoms with van der Waals surface area (Å²) in [5.74, 6) is 0.558. The largest absolute Gasteiger partial charge is 0.496 e. The van der Waals surface area contributed by atoms with Crippen LogP contribution in [0.4, 0.5) is 5.82 Å². The highest BCUT2D eigenvalue weighted by atomic mass is 16.7. The Hall–Kier alpha value is -3.52. The van der Waals surface area contributed by atoms with Crippen LogP contribution in [0.2, 0.25) is 0 Å². The molecule has 0 atom stereocenters. The third-order valence-electron chi connectivity index (χ3n) is 4.60. The summed E-state index contributed by atoms with van der Waals surface area (Å²) in [6.07, 6.45) is 3.97. The molecule has 3 aromatic rings. The molecule has 8 nitrogen and oxygen atoms in total. The molecule has 0 aliphatic rings. The molecule has 0 saturated heterocycles. The molecule has 0 fully saturated rings. The molecule has 1 aromatic carbocycles. The van der Waals surface area contributed by atoms with Gasteiger partial charge in [-0.05, 0) is 30.7 Å². The number of ether oxygens (including phenoxy) is 1. The van der Waals surface area contributed by atoms with Gasteiger partial charge in [0.25, 0.3) is 5.91 Å². The lowest BCUT2D eigenvalue weighted by atomic mass is 9.96. The Labute approximate surface area is 169 Å². The van der Waals surface area contributed by atoms with Crippen molar-refractivity contribution in [2.75, 3.05) is 27.0 Å². The van der Waals surface area contributed by atoms with E-state index in [9.17, 15) is 4.79 Å². The number of benzene rings is 1. The van der Waals surface area contributed by atoms with E-state index in [-0.39, 0.29) is 5.91 Å². The van der Waals surface area contributed by atoms with Gasteiger partial charge in [-0.15, -0.1) is 0 Å². The van der Waals surface area contributed by atoms with Crippen molar-refractivity contribution in [3.8, 4) is 28.1 Å². The lowest BCUT2D eigenvalue weighted by molar-refractivity contribution is -0.0758. The molecule has 0 unspecified atom stereocenters. The van der Waals surface area contributed by atoms with Crippen LogP contribution in [-0.4, -0.2) is 47.2 Å². The highest BCUT2D eigenvalue weighted by molar-refractivity contribution is 5.97. The SMILES string of the molecule is CCc1ncnc(-c2ccc(C(=O)N(C)OC)c(OC)c2)c1-c1ccc(N)nc1. The number of amides is 1. The van der Waals surface area contributed by atoms with E-state index in [1.807, 2.05) is 19.1 Å². The van der Waals surface area contributed by atoms with Crippen molar-refractivity contribution in [1.82, 2.24) is 20.0 Å². The van der Waals surface area contributed by atoms with Crippen molar-refractivity contribution in [3.63, 3.8) is 0 Å². The molecule has 8 heteroatoms. The van der Waals surface area contributed by atoms with Gasteiger partial charge in [0, 0.05) is 29.9 Å². The number of hydroxylamine groups is 2. The van der Waals surface area contributed by atoms with E-state index < -0.39 is 0 Å². The Morgan fingerprint density at radius 2 is 1.86 bits per heavy atom. The van der Waals surface area contributed by atoms with Crippen molar-refractivity contribution in [1.29, 1.82) is 0 Å². The van der Waals surface area contributed by atoms with Gasteiger partial charge in [0.1, 0.15) is 17.9 Å². The topological polar surface area (TPSA) is 103 Å². The number of pyridine rings is 1. The predicted molar refractivity (Wildman–Crippen MR) is 110 cm³/mol. The number of hydrogen-bond acceptors (Lipinski definition) is 7. The molecule has 29 heavy (non-hydrogen) atoms. The van der Waals surface area contributed by atoms with E-state index in [0.717, 1.165) is 39.6 Å². The second-order valence-electron chi connectivity index (χ2n) is 6.27. The maximum atomic E-state index is 12.5. The van der Waals surface area contributed by atoms with Gasteiger partial charge in [-0.3, -0.25) is 9.63 Å². The van der Waals surface area contributed by atoms with E-state index >= 15 is 0 Å². The first-order valence-corrected chi connectivity index (χ1v) is 9.06. The van der Waals surface area contributed by atoms with Crippen LogP contribution in [0.1, 0.15) is 23.0 Å². The third kappa shape index (κ3) is 4.02. The second kappa shape index (κ2) is 8.66. The molecule has 0 aliphatic heterocycles. The molecular weight excluding hydrogens is 370 g/mol. The maximum Gasteiger partial charge on any atom is 0.280 e. The average Bonchev–Trinajstić information content (AvgIpc) is 2.77. The van der Waals surface area contributed by atoms with Crippen molar-refractivity contribution in [3.05, 3.63) is 54.1 Å². The number of rotatable bonds is 6. The summed E-state index contributed by atoms with van der Waals surface area (Å²) in [5.41, 5.74) is 10.3. The number of carbonyl (C=O) groups excluding carboxylic acids is 1. The van der Waals surface area contributed by atoms with Gasteiger partial charge in [-0.2, -0.15) is 0 Å². The van der Waals surface area contributed by atoms with Crippen molar-refractivity contribution in [2.45, 2.75) is 13.3 Å². The van der Waals surface area contributed by atoms with Crippen LogP contribution in [0.15, 0.2) is 42.9 Å². The van der Waals surface area contributed by atoms with Crippen LogP contribution in [0.3, 0.4) is 0 Å². The molecular formula is C21H23N5O3. The minimum absolute atomic E-state index is 0.309. The highest BCUT2D eigenvalue weighted by Gasteiger charge is 2.20. The van der Waals surface area contributed by atoms with Gasteiger partial charge in [0.15, 0.2) is 0 Å². The minimum Gasteiger partial charge on any atom is -0.496 e. The Morgan fingerprint density at radius 3 is 2.48 bits per heavy atom. The Morgan fingerprint density at radius 1 is 1.10 bits per heavy atom. The summed E-state index contributed by atoms with van der Waals surface area (Å²) in [7, 11) is 4.49. The van der Waals surface area contributed by atoms with Crippen LogP contribution in [-0.2, 0) is 11.3 Å². The maximum absolute atomic E-state index is 12.5. The summed E-state index contributed by atoms with van der Waals surface area (Å²) in [6.45, 7) is 2.03. The van der Waals surface area contributed by atoms with Gasteiger partial charge < -0.3 is 10.5 Å². The van der Waals surface area contributed by atoms with E-state index in [2.05, 4.69) is 15.0 Å². The molecule has 3 rings (SSSR count). The molecule has 1 amide bonds. The standard InChI is InChI=1S/C21H23N5O3/c1-5-16-19(14-7-9-18(22)23-11-14)20(25-12-24-16)13-6-8-15(17(10-13)28-3)21(27)26(2)29-4/h6-12H,5H2,1-4H3,(H2,22,23). The fourth-order valence-electron chi connectivity index (χ4n) is 3.03. The minimum atomic E-state index is -0.309. The molecule has 2 heterocycles. The molecule has 0 radical (unpaired) electrons. The number of anilines is 1. The number of hydrogen-bond donors (Lipinski definition) is 1. The predicted octanol–water partition coefficient (Wildman–Crippen LogP) is 2.99. The summed E-state index contributed by atoms with van der Waals surface area (Å²) in [4.78, 5) is 30.6. The Bertz CT molecular complexity index is 1020. The molecule has 0 aliphatic carbocycles. The first-order chi connectivity index (χ1) is 14.0. The second-order valence-corrected chi connectivity index (χ2v) is 6.27. The lowest BCUT2D eigenvalue weighted by Gasteiger charge is -2.17. The van der Waals surface area contributed by atoms with Crippen LogP contribution in [0, 0.1) is 0 Å². The number of aryl methyl sites for hydroxylation is 1. The highest BCUT2D eigenvalue weighted by Crippen LogP contribution is 2.35. The number of methoxy groups -OCH3 is 1. The fraction of sp³-hybridized carbons (Fsp3) is 0.238. The number of carbonyl (C=O) groups is 1. The van der Waals surface area contributed by atoms with E-state index in [1.54, 1.807) is 31.4 Å². The first-order valence-electron chi connectivity index (χ1n) is 9.06. The summed E-state index contributed by atoms with van der Waals surface area (Å²) in [6, 6.07) is 8.95. The smallest absolute Gasteiger partial charge is 0.280 e. The summed E-state index contributed by atoms with van der Waals surface area (Å²) < 4.78 is 5.47. The van der Waals surface area contributed by atoms with Crippen molar-refractivity contribution < 1.29 is 14.4 Å². The monoisotopic (exact) mass is 393 g/mol. The Kier molecular flexibility index (Phi) is 6.04. The number of nitrogens with two attached hydrogens (primary N) is 1. The normalized spacial score (nSPS) is 10.6. The molecule has 0 bridgehead atoms. The first kappa shape index (κ1) is 20.2. The third-order valence-corrected chi connectivity index (χ3v) is 4.60. The zero-order valence-electron chi connectivity index (χ0n) is 16.8. The van der Waals surface area contributed by atoms with Crippen LogP contribution in [0.25, 0.3) is 22.4 Å². The molecule has 0 saturated carbocycles. The van der Waals surface area contributed by atoms with Crippen LogP contribution in [0.5, 0.6) is 5.75 Å². The van der Waals surface area contributed by atoms with Crippen LogP contribution >= 0.6 is 0 Å². The fourth-order valence-corrected chi connectivity index (χ4v) is 3.03. The molecule has 150 valence electrons. The van der Waals surface area contributed by atoms with Gasteiger partial charge in [0.2, 0.25) is 0 Å². The van der Waals surface area contributed by atoms with Gasteiger partial charge in [-0.1, -0.05) is 13.0 Å². The van der Waals surface area contributed by atoms with Gasteiger partial charge in [-0.25, -0.2) is 20.0 Å². The lowest BCUT2D eigenvalue weighted by Crippen LogP contribution is -2.25. The van der Waals surface area contributed by atoms with Crippen molar-refractivity contribution >= 4 is 11.7 Å². The summed E-state index contributed by atoms with van der Waals surface area (Å²) in [5, 5.41) is 1.14. The number of aromatic nitrogens is 3. The summed E-state index contributed by atoms with van der Waals surface area (Å²) >= 11 is 0.